The van der Waals surface area contributed by atoms with Gasteiger partial charge in [0.2, 0.25) is 17.6 Å². The SMILES string of the molecule is CC(=O)N1CCC(N)(c2nc(-c3cc4ccccc4o3)no2)C1. The molecule has 1 unspecified atom stereocenters. The number of carbonyl (C=O) groups is 1. The molecular formula is C16H16N4O3. The minimum atomic E-state index is -0.803. The van der Waals surface area contributed by atoms with Gasteiger partial charge in [0.25, 0.3) is 0 Å². The molecule has 0 spiro atoms. The van der Waals surface area contributed by atoms with Crippen molar-refractivity contribution < 1.29 is 13.7 Å². The van der Waals surface area contributed by atoms with Crippen LogP contribution in [-0.4, -0.2) is 34.0 Å². The van der Waals surface area contributed by atoms with Gasteiger partial charge in [-0.05, 0) is 18.6 Å². The third-order valence-electron chi connectivity index (χ3n) is 4.24. The van der Waals surface area contributed by atoms with Gasteiger partial charge in [0.15, 0.2) is 5.76 Å². The summed E-state index contributed by atoms with van der Waals surface area (Å²) in [4.78, 5) is 17.6. The van der Waals surface area contributed by atoms with Crippen molar-refractivity contribution in [3.8, 4) is 11.6 Å². The molecule has 0 aliphatic carbocycles. The summed E-state index contributed by atoms with van der Waals surface area (Å²) in [7, 11) is 0. The first kappa shape index (κ1) is 14.0. The summed E-state index contributed by atoms with van der Waals surface area (Å²) in [6, 6.07) is 9.54. The van der Waals surface area contributed by atoms with Gasteiger partial charge >= 0.3 is 0 Å². The molecule has 0 saturated carbocycles. The van der Waals surface area contributed by atoms with Crippen molar-refractivity contribution in [2.75, 3.05) is 13.1 Å². The van der Waals surface area contributed by atoms with E-state index in [0.29, 0.717) is 37.0 Å². The molecule has 1 aliphatic heterocycles. The fourth-order valence-electron chi connectivity index (χ4n) is 2.89. The highest BCUT2D eigenvalue weighted by Crippen LogP contribution is 2.31. The smallest absolute Gasteiger partial charge is 0.249 e. The predicted octanol–water partition coefficient (Wildman–Crippen LogP) is 1.89. The van der Waals surface area contributed by atoms with Crippen LogP contribution in [0, 0.1) is 0 Å². The van der Waals surface area contributed by atoms with Crippen LogP contribution in [0.15, 0.2) is 39.3 Å². The van der Waals surface area contributed by atoms with E-state index in [4.69, 9.17) is 14.7 Å². The number of benzene rings is 1. The van der Waals surface area contributed by atoms with Gasteiger partial charge in [-0.2, -0.15) is 4.98 Å². The summed E-state index contributed by atoms with van der Waals surface area (Å²) < 4.78 is 11.1. The van der Waals surface area contributed by atoms with Gasteiger partial charge in [-0.15, -0.1) is 0 Å². The summed E-state index contributed by atoms with van der Waals surface area (Å²) in [6.45, 7) is 2.50. The van der Waals surface area contributed by atoms with E-state index in [-0.39, 0.29) is 5.91 Å². The van der Waals surface area contributed by atoms with Gasteiger partial charge in [0.05, 0.1) is 0 Å². The highest BCUT2D eigenvalue weighted by Gasteiger charge is 2.42. The molecular weight excluding hydrogens is 296 g/mol. The van der Waals surface area contributed by atoms with Crippen molar-refractivity contribution in [3.05, 3.63) is 36.2 Å². The van der Waals surface area contributed by atoms with Crippen molar-refractivity contribution in [2.24, 2.45) is 5.73 Å². The van der Waals surface area contributed by atoms with Crippen LogP contribution >= 0.6 is 0 Å². The number of aromatic nitrogens is 2. The zero-order valence-electron chi connectivity index (χ0n) is 12.7. The Balaban J connectivity index is 1.65. The van der Waals surface area contributed by atoms with Gasteiger partial charge in [-0.1, -0.05) is 23.4 Å². The summed E-state index contributed by atoms with van der Waals surface area (Å²) in [5.41, 5.74) is 6.32. The molecule has 118 valence electrons. The minimum Gasteiger partial charge on any atom is -0.453 e. The lowest BCUT2D eigenvalue weighted by atomic mass is 10.0. The number of likely N-dealkylation sites (tertiary alicyclic amines) is 1. The molecule has 2 N–H and O–H groups in total. The zero-order valence-corrected chi connectivity index (χ0v) is 12.7. The maximum atomic E-state index is 11.5. The van der Waals surface area contributed by atoms with Crippen molar-refractivity contribution >= 4 is 16.9 Å². The average Bonchev–Trinajstić information content (AvgIpc) is 3.24. The van der Waals surface area contributed by atoms with Gasteiger partial charge < -0.3 is 19.6 Å². The molecule has 1 aliphatic rings. The Labute approximate surface area is 132 Å². The third-order valence-corrected chi connectivity index (χ3v) is 4.24. The highest BCUT2D eigenvalue weighted by molar-refractivity contribution is 5.81. The lowest BCUT2D eigenvalue weighted by Crippen LogP contribution is -2.41. The van der Waals surface area contributed by atoms with Gasteiger partial charge in [-0.25, -0.2) is 0 Å². The average molecular weight is 312 g/mol. The van der Waals surface area contributed by atoms with E-state index in [1.807, 2.05) is 30.3 Å². The largest absolute Gasteiger partial charge is 0.453 e. The predicted molar refractivity (Wildman–Crippen MR) is 82.2 cm³/mol. The Morgan fingerprint density at radius 2 is 2.22 bits per heavy atom. The Morgan fingerprint density at radius 3 is 2.96 bits per heavy atom. The van der Waals surface area contributed by atoms with E-state index < -0.39 is 5.54 Å². The number of furan rings is 1. The number of para-hydroxylation sites is 1. The lowest BCUT2D eigenvalue weighted by Gasteiger charge is -2.19. The van der Waals surface area contributed by atoms with E-state index >= 15 is 0 Å². The number of fused-ring (bicyclic) bond motifs is 1. The van der Waals surface area contributed by atoms with Crippen LogP contribution in [0.5, 0.6) is 0 Å². The molecule has 0 radical (unpaired) electrons. The van der Waals surface area contributed by atoms with Crippen molar-refractivity contribution in [1.82, 2.24) is 15.0 Å². The summed E-state index contributed by atoms with van der Waals surface area (Å²) >= 11 is 0. The van der Waals surface area contributed by atoms with Crippen molar-refractivity contribution in [1.29, 1.82) is 0 Å². The molecule has 2 aromatic heterocycles. The van der Waals surface area contributed by atoms with E-state index in [2.05, 4.69) is 10.1 Å². The third kappa shape index (κ3) is 2.29. The first-order chi connectivity index (χ1) is 11.0. The molecule has 4 rings (SSSR count). The molecule has 1 saturated heterocycles. The van der Waals surface area contributed by atoms with Gasteiger partial charge in [0.1, 0.15) is 11.1 Å². The maximum absolute atomic E-state index is 11.5. The second-order valence-corrected chi connectivity index (χ2v) is 5.92. The maximum Gasteiger partial charge on any atom is 0.249 e. The molecule has 1 aromatic carbocycles. The topological polar surface area (TPSA) is 98.4 Å². The molecule has 3 aromatic rings. The molecule has 1 amide bonds. The van der Waals surface area contributed by atoms with Crippen molar-refractivity contribution in [2.45, 2.75) is 18.9 Å². The number of amides is 1. The molecule has 0 bridgehead atoms. The van der Waals surface area contributed by atoms with Crippen LogP contribution < -0.4 is 5.73 Å². The second kappa shape index (κ2) is 4.92. The van der Waals surface area contributed by atoms with Crippen LogP contribution in [0.25, 0.3) is 22.6 Å². The number of rotatable bonds is 2. The molecule has 7 nitrogen and oxygen atoms in total. The fourth-order valence-corrected chi connectivity index (χ4v) is 2.89. The van der Waals surface area contributed by atoms with E-state index in [9.17, 15) is 4.79 Å². The molecule has 1 atom stereocenters. The monoisotopic (exact) mass is 312 g/mol. The number of hydrogen-bond donors (Lipinski definition) is 1. The summed E-state index contributed by atoms with van der Waals surface area (Å²) in [5, 5.41) is 4.95. The normalized spacial score (nSPS) is 21.2. The standard InChI is InChI=1S/C16H16N4O3/c1-10(21)20-7-6-16(17,9-20)15-18-14(19-23-15)13-8-11-4-2-3-5-12(11)22-13/h2-5,8H,6-7,9,17H2,1H3. The Bertz CT molecular complexity index is 851. The Morgan fingerprint density at radius 1 is 1.39 bits per heavy atom. The zero-order chi connectivity index (χ0) is 16.0. The first-order valence-electron chi connectivity index (χ1n) is 7.43. The van der Waals surface area contributed by atoms with Crippen LogP contribution in [0.3, 0.4) is 0 Å². The first-order valence-corrected chi connectivity index (χ1v) is 7.43. The second-order valence-electron chi connectivity index (χ2n) is 5.92. The molecule has 7 heteroatoms. The molecule has 23 heavy (non-hydrogen) atoms. The number of nitrogens with two attached hydrogens (primary N) is 1. The Kier molecular flexibility index (Phi) is 2.99. The number of carbonyl (C=O) groups excluding carboxylic acids is 1. The van der Waals surface area contributed by atoms with Gasteiger partial charge in [-0.3, -0.25) is 4.79 Å². The number of nitrogens with zero attached hydrogens (tertiary/aromatic N) is 3. The van der Waals surface area contributed by atoms with E-state index in [1.54, 1.807) is 4.90 Å². The molecule has 1 fully saturated rings. The summed E-state index contributed by atoms with van der Waals surface area (Å²) in [5.74, 6) is 1.22. The van der Waals surface area contributed by atoms with Crippen LogP contribution in [0.2, 0.25) is 0 Å². The van der Waals surface area contributed by atoms with Crippen LogP contribution in [-0.2, 0) is 10.3 Å². The number of hydrogen-bond acceptors (Lipinski definition) is 6. The van der Waals surface area contributed by atoms with E-state index in [1.165, 1.54) is 6.92 Å². The molecule has 3 heterocycles. The van der Waals surface area contributed by atoms with Gasteiger partial charge in [0, 0.05) is 25.4 Å². The fraction of sp³-hybridized carbons (Fsp3) is 0.312. The van der Waals surface area contributed by atoms with Crippen LogP contribution in [0.4, 0.5) is 0 Å². The summed E-state index contributed by atoms with van der Waals surface area (Å²) in [6.07, 6.45) is 0.592. The quantitative estimate of drug-likeness (QED) is 0.776. The lowest BCUT2D eigenvalue weighted by molar-refractivity contribution is -0.128. The van der Waals surface area contributed by atoms with Crippen LogP contribution in [0.1, 0.15) is 19.2 Å². The highest BCUT2D eigenvalue weighted by atomic mass is 16.5. The van der Waals surface area contributed by atoms with E-state index in [0.717, 1.165) is 11.0 Å². The van der Waals surface area contributed by atoms with Crippen molar-refractivity contribution in [3.63, 3.8) is 0 Å². The minimum absolute atomic E-state index is 0.00523. The Hall–Kier alpha value is -2.67.